The largest absolute Gasteiger partial charge is 0.506 e. The molecule has 0 amide bonds. The quantitative estimate of drug-likeness (QED) is 0.438. The summed E-state index contributed by atoms with van der Waals surface area (Å²) in [7, 11) is 0. The lowest BCUT2D eigenvalue weighted by molar-refractivity contribution is 0.385. The summed E-state index contributed by atoms with van der Waals surface area (Å²) in [5.74, 6) is 0.784. The Hall–Kier alpha value is -2.46. The van der Waals surface area contributed by atoms with Gasteiger partial charge >= 0.3 is 5.63 Å². The van der Waals surface area contributed by atoms with E-state index in [4.69, 9.17) is 4.42 Å². The van der Waals surface area contributed by atoms with Gasteiger partial charge in [0.2, 0.25) is 0 Å². The molecule has 0 saturated heterocycles. The fraction of sp³-hybridized carbons (Fsp3) is 0.320. The summed E-state index contributed by atoms with van der Waals surface area (Å²) < 4.78 is 5.74. The van der Waals surface area contributed by atoms with Gasteiger partial charge in [-0.1, -0.05) is 93.9 Å². The van der Waals surface area contributed by atoms with Crippen molar-refractivity contribution in [3.8, 4) is 5.75 Å². The lowest BCUT2D eigenvalue weighted by Gasteiger charge is -2.17. The van der Waals surface area contributed by atoms with Crippen LogP contribution in [0.5, 0.6) is 5.75 Å². The molecule has 0 aliphatic carbocycles. The average Bonchev–Trinajstić information content (AvgIpc) is 2.72. The minimum Gasteiger partial charge on any atom is -0.506 e. The highest BCUT2D eigenvalue weighted by Crippen LogP contribution is 2.38. The first-order chi connectivity index (χ1) is 14.0. The van der Waals surface area contributed by atoms with Crippen molar-refractivity contribution in [3.63, 3.8) is 0 Å². The maximum absolute atomic E-state index is 12.8. The smallest absolute Gasteiger partial charge is 0.353 e. The molecule has 29 heavy (non-hydrogen) atoms. The standard InChI is InChI=1S/C25H28O3S/c1-4-5-13-20(18-11-7-6-8-12-18)22-16-21(26)24(25(27)28-22)29-23-15-10-9-14-19(23)17(2)3/h6-12,14-17,20,26H,4-5,13H2,1-3H3. The van der Waals surface area contributed by atoms with Gasteiger partial charge in [0.25, 0.3) is 0 Å². The molecule has 0 spiro atoms. The predicted molar refractivity (Wildman–Crippen MR) is 119 cm³/mol. The molecule has 0 radical (unpaired) electrons. The first-order valence-electron chi connectivity index (χ1n) is 10.2. The molecule has 3 nitrogen and oxygen atoms in total. The predicted octanol–water partition coefficient (Wildman–Crippen LogP) is 6.94. The van der Waals surface area contributed by atoms with Crippen LogP contribution in [0.15, 0.2) is 79.7 Å². The molecule has 1 unspecified atom stereocenters. The molecule has 2 aromatic carbocycles. The maximum Gasteiger partial charge on any atom is 0.353 e. The number of hydrogen-bond acceptors (Lipinski definition) is 4. The zero-order valence-electron chi connectivity index (χ0n) is 17.2. The van der Waals surface area contributed by atoms with E-state index in [-0.39, 0.29) is 16.6 Å². The van der Waals surface area contributed by atoms with Gasteiger partial charge in [0, 0.05) is 16.9 Å². The monoisotopic (exact) mass is 408 g/mol. The highest BCUT2D eigenvalue weighted by atomic mass is 32.2. The molecule has 0 aliphatic heterocycles. The molecular formula is C25H28O3S. The molecule has 0 fully saturated rings. The Morgan fingerprint density at radius 3 is 2.38 bits per heavy atom. The highest BCUT2D eigenvalue weighted by molar-refractivity contribution is 7.99. The second kappa shape index (κ2) is 9.84. The van der Waals surface area contributed by atoms with Crippen LogP contribution in [0.3, 0.4) is 0 Å². The van der Waals surface area contributed by atoms with Crippen molar-refractivity contribution in [1.29, 1.82) is 0 Å². The molecule has 3 rings (SSSR count). The summed E-state index contributed by atoms with van der Waals surface area (Å²) in [6, 6.07) is 19.6. The molecule has 1 atom stereocenters. The van der Waals surface area contributed by atoms with Gasteiger partial charge in [-0.25, -0.2) is 4.79 Å². The third-order valence-electron chi connectivity index (χ3n) is 5.05. The third-order valence-corrected chi connectivity index (χ3v) is 6.22. The fourth-order valence-electron chi connectivity index (χ4n) is 3.48. The lowest BCUT2D eigenvalue weighted by Crippen LogP contribution is -2.09. The van der Waals surface area contributed by atoms with Crippen LogP contribution >= 0.6 is 11.8 Å². The highest BCUT2D eigenvalue weighted by Gasteiger charge is 2.21. The third kappa shape index (κ3) is 5.13. The average molecular weight is 409 g/mol. The Kier molecular flexibility index (Phi) is 7.21. The van der Waals surface area contributed by atoms with Crippen LogP contribution in [0.4, 0.5) is 0 Å². The van der Waals surface area contributed by atoms with E-state index < -0.39 is 5.63 Å². The summed E-state index contributed by atoms with van der Waals surface area (Å²) in [6.45, 7) is 6.37. The minimum absolute atomic E-state index is 0.0164. The van der Waals surface area contributed by atoms with Crippen LogP contribution in [0.2, 0.25) is 0 Å². The van der Waals surface area contributed by atoms with Crippen molar-refractivity contribution in [2.24, 2.45) is 0 Å². The zero-order chi connectivity index (χ0) is 20.8. The lowest BCUT2D eigenvalue weighted by atomic mass is 9.91. The SMILES string of the molecule is CCCCC(c1ccccc1)c1cc(O)c(Sc2ccccc2C(C)C)c(=O)o1. The van der Waals surface area contributed by atoms with Gasteiger partial charge in [0.15, 0.2) is 0 Å². The summed E-state index contributed by atoms with van der Waals surface area (Å²) >= 11 is 1.27. The van der Waals surface area contributed by atoms with Gasteiger partial charge in [0.05, 0.1) is 0 Å². The molecule has 1 N–H and O–H groups in total. The van der Waals surface area contributed by atoms with Crippen LogP contribution in [0.25, 0.3) is 0 Å². The van der Waals surface area contributed by atoms with E-state index in [1.807, 2.05) is 48.5 Å². The minimum atomic E-state index is -0.485. The molecule has 1 aromatic heterocycles. The Bertz CT molecular complexity index is 992. The fourth-order valence-corrected chi connectivity index (χ4v) is 4.56. The summed E-state index contributed by atoms with van der Waals surface area (Å²) in [6.07, 6.45) is 2.94. The number of benzene rings is 2. The van der Waals surface area contributed by atoms with E-state index in [1.54, 1.807) is 6.07 Å². The Labute approximate surface area is 176 Å². The van der Waals surface area contributed by atoms with Crippen molar-refractivity contribution in [2.75, 3.05) is 0 Å². The summed E-state index contributed by atoms with van der Waals surface area (Å²) in [4.78, 5) is 14.0. The van der Waals surface area contributed by atoms with E-state index in [0.29, 0.717) is 11.7 Å². The van der Waals surface area contributed by atoms with Crippen molar-refractivity contribution >= 4 is 11.8 Å². The normalized spacial score (nSPS) is 12.3. The molecule has 0 aliphatic rings. The van der Waals surface area contributed by atoms with E-state index in [9.17, 15) is 9.90 Å². The molecule has 3 aromatic rings. The van der Waals surface area contributed by atoms with Crippen molar-refractivity contribution in [3.05, 3.63) is 88.0 Å². The van der Waals surface area contributed by atoms with Crippen molar-refractivity contribution in [1.82, 2.24) is 0 Å². The number of unbranched alkanes of at least 4 members (excludes halogenated alkanes) is 1. The molecular weight excluding hydrogens is 380 g/mol. The molecule has 0 saturated carbocycles. The van der Waals surface area contributed by atoms with Crippen LogP contribution in [-0.2, 0) is 0 Å². The topological polar surface area (TPSA) is 50.4 Å². The molecule has 1 heterocycles. The van der Waals surface area contributed by atoms with Gasteiger partial charge in [0.1, 0.15) is 16.4 Å². The first-order valence-corrected chi connectivity index (χ1v) is 11.0. The molecule has 0 bridgehead atoms. The van der Waals surface area contributed by atoms with Crippen LogP contribution < -0.4 is 5.63 Å². The maximum atomic E-state index is 12.8. The molecule has 4 heteroatoms. The number of aromatic hydroxyl groups is 1. The van der Waals surface area contributed by atoms with E-state index in [0.717, 1.165) is 35.3 Å². The number of hydrogen-bond donors (Lipinski definition) is 1. The van der Waals surface area contributed by atoms with Gasteiger partial charge < -0.3 is 9.52 Å². The van der Waals surface area contributed by atoms with E-state index >= 15 is 0 Å². The van der Waals surface area contributed by atoms with Crippen molar-refractivity contribution in [2.45, 2.75) is 61.7 Å². The number of rotatable bonds is 8. The zero-order valence-corrected chi connectivity index (χ0v) is 18.0. The summed E-state index contributed by atoms with van der Waals surface area (Å²) in [5, 5.41) is 10.7. The van der Waals surface area contributed by atoms with Crippen molar-refractivity contribution < 1.29 is 9.52 Å². The Morgan fingerprint density at radius 2 is 1.72 bits per heavy atom. The van der Waals surface area contributed by atoms with Crippen LogP contribution in [-0.4, -0.2) is 5.11 Å². The van der Waals surface area contributed by atoms with E-state index in [1.165, 1.54) is 11.8 Å². The van der Waals surface area contributed by atoms with E-state index in [2.05, 4.69) is 26.8 Å². The van der Waals surface area contributed by atoms with Gasteiger partial charge in [-0.3, -0.25) is 0 Å². The van der Waals surface area contributed by atoms with Gasteiger partial charge in [-0.05, 0) is 29.5 Å². The van der Waals surface area contributed by atoms with Gasteiger partial charge in [-0.2, -0.15) is 0 Å². The van der Waals surface area contributed by atoms with Crippen LogP contribution in [0.1, 0.15) is 68.8 Å². The second-order valence-electron chi connectivity index (χ2n) is 7.55. The second-order valence-corrected chi connectivity index (χ2v) is 8.60. The molecule has 152 valence electrons. The van der Waals surface area contributed by atoms with Crippen LogP contribution in [0, 0.1) is 0 Å². The first kappa shape index (κ1) is 21.3. The Morgan fingerprint density at radius 1 is 1.03 bits per heavy atom. The Balaban J connectivity index is 1.97. The van der Waals surface area contributed by atoms with Gasteiger partial charge in [-0.15, -0.1) is 0 Å². The summed E-state index contributed by atoms with van der Waals surface area (Å²) in [5.41, 5.74) is 1.75.